The van der Waals surface area contributed by atoms with Crippen LogP contribution in [0.3, 0.4) is 0 Å². The van der Waals surface area contributed by atoms with Crippen LogP contribution in [-0.4, -0.2) is 16.3 Å². The molecule has 1 aromatic carbocycles. The molecule has 5 heteroatoms. The van der Waals surface area contributed by atoms with Crippen molar-refractivity contribution in [3.63, 3.8) is 0 Å². The van der Waals surface area contributed by atoms with E-state index >= 15 is 0 Å². The minimum absolute atomic E-state index is 0.00718. The summed E-state index contributed by atoms with van der Waals surface area (Å²) in [5.41, 5.74) is 1.93. The summed E-state index contributed by atoms with van der Waals surface area (Å²) in [5, 5.41) is 4.35. The summed E-state index contributed by atoms with van der Waals surface area (Å²) in [4.78, 5) is 0. The molecule has 0 amide bonds. The minimum atomic E-state index is -4.12. The van der Waals surface area contributed by atoms with Crippen LogP contribution in [0.5, 0.6) is 0 Å². The topological polar surface area (TPSA) is 17.0 Å². The third kappa shape index (κ3) is 4.77. The van der Waals surface area contributed by atoms with Crippen molar-refractivity contribution >= 4 is 10.9 Å². The Morgan fingerprint density at radius 3 is 2.43 bits per heavy atom. The fourth-order valence-corrected chi connectivity index (χ4v) is 2.15. The molecule has 0 saturated carbocycles. The zero-order chi connectivity index (χ0) is 15.7. The molecule has 0 spiro atoms. The second-order valence-corrected chi connectivity index (χ2v) is 6.37. The van der Waals surface area contributed by atoms with E-state index in [2.05, 4.69) is 26.1 Å². The summed E-state index contributed by atoms with van der Waals surface area (Å²) in [5.74, 6) is 0. The first-order chi connectivity index (χ1) is 9.64. The zero-order valence-electron chi connectivity index (χ0n) is 12.6. The van der Waals surface area contributed by atoms with Crippen molar-refractivity contribution in [2.75, 3.05) is 0 Å². The molecular formula is C16H21F3N2. The lowest BCUT2D eigenvalue weighted by Crippen LogP contribution is -2.35. The highest BCUT2D eigenvalue weighted by Gasteiger charge is 2.26. The second-order valence-electron chi connectivity index (χ2n) is 6.37. The van der Waals surface area contributed by atoms with Crippen molar-refractivity contribution in [1.82, 2.24) is 9.88 Å². The van der Waals surface area contributed by atoms with Gasteiger partial charge in [-0.25, -0.2) is 0 Å². The average Bonchev–Trinajstić information content (AvgIpc) is 2.74. The van der Waals surface area contributed by atoms with E-state index in [1.807, 2.05) is 24.3 Å². The normalized spacial score (nSPS) is 13.0. The Kier molecular flexibility index (Phi) is 4.33. The van der Waals surface area contributed by atoms with Gasteiger partial charge in [-0.1, -0.05) is 12.1 Å². The van der Waals surface area contributed by atoms with Gasteiger partial charge in [-0.15, -0.1) is 0 Å². The van der Waals surface area contributed by atoms with Gasteiger partial charge in [0.15, 0.2) is 0 Å². The number of halogens is 3. The molecule has 0 aliphatic rings. The Balaban J connectivity index is 2.17. The van der Waals surface area contributed by atoms with Crippen molar-refractivity contribution in [3.05, 3.63) is 36.0 Å². The Morgan fingerprint density at radius 2 is 1.81 bits per heavy atom. The maximum absolute atomic E-state index is 12.4. The van der Waals surface area contributed by atoms with E-state index in [1.54, 1.807) is 10.8 Å². The van der Waals surface area contributed by atoms with Crippen molar-refractivity contribution in [1.29, 1.82) is 0 Å². The fourth-order valence-electron chi connectivity index (χ4n) is 2.15. The van der Waals surface area contributed by atoms with E-state index in [1.165, 1.54) is 0 Å². The lowest BCUT2D eigenvalue weighted by atomic mass is 10.1. The lowest BCUT2D eigenvalue weighted by molar-refractivity contribution is -0.136. The Morgan fingerprint density at radius 1 is 1.10 bits per heavy atom. The summed E-state index contributed by atoms with van der Waals surface area (Å²) < 4.78 is 38.7. The molecule has 0 aliphatic carbocycles. The van der Waals surface area contributed by atoms with Crippen LogP contribution in [0, 0.1) is 0 Å². The van der Waals surface area contributed by atoms with Crippen LogP contribution in [0.25, 0.3) is 10.9 Å². The first kappa shape index (κ1) is 15.9. The Labute approximate surface area is 122 Å². The zero-order valence-corrected chi connectivity index (χ0v) is 12.6. The van der Waals surface area contributed by atoms with Gasteiger partial charge in [0, 0.05) is 30.3 Å². The molecule has 1 aromatic heterocycles. The third-order valence-electron chi connectivity index (χ3n) is 3.30. The number of hydrogen-bond donors (Lipinski definition) is 1. The number of fused-ring (bicyclic) bond motifs is 1. The standard InChI is InChI=1S/C16H21F3N2/c1-15(2,3)20-11-12-4-5-13-6-8-21(14(13)10-12)9-7-16(17,18)19/h4-6,8,10,20H,7,9,11H2,1-3H3. The van der Waals surface area contributed by atoms with Gasteiger partial charge < -0.3 is 9.88 Å². The highest BCUT2D eigenvalue weighted by molar-refractivity contribution is 5.80. The van der Waals surface area contributed by atoms with Crippen LogP contribution in [0.2, 0.25) is 0 Å². The van der Waals surface area contributed by atoms with Gasteiger partial charge in [0.25, 0.3) is 0 Å². The van der Waals surface area contributed by atoms with E-state index in [9.17, 15) is 13.2 Å². The maximum atomic E-state index is 12.4. The van der Waals surface area contributed by atoms with Crippen LogP contribution >= 0.6 is 0 Å². The largest absolute Gasteiger partial charge is 0.390 e. The number of alkyl halides is 3. The van der Waals surface area contributed by atoms with Crippen LogP contribution in [-0.2, 0) is 13.1 Å². The third-order valence-corrected chi connectivity index (χ3v) is 3.30. The first-order valence-electron chi connectivity index (χ1n) is 7.04. The predicted octanol–water partition coefficient (Wildman–Crippen LogP) is 4.48. The summed E-state index contributed by atoms with van der Waals surface area (Å²) in [6, 6.07) is 7.78. The summed E-state index contributed by atoms with van der Waals surface area (Å²) in [6.45, 7) is 6.90. The molecular weight excluding hydrogens is 277 g/mol. The summed E-state index contributed by atoms with van der Waals surface area (Å²) >= 11 is 0. The molecule has 0 fully saturated rings. The number of nitrogens with zero attached hydrogens (tertiary/aromatic N) is 1. The van der Waals surface area contributed by atoms with Crippen LogP contribution in [0.1, 0.15) is 32.8 Å². The number of benzene rings is 1. The molecule has 1 heterocycles. The molecule has 0 bridgehead atoms. The number of aromatic nitrogens is 1. The minimum Gasteiger partial charge on any atom is -0.347 e. The number of hydrogen-bond acceptors (Lipinski definition) is 1. The summed E-state index contributed by atoms with van der Waals surface area (Å²) in [7, 11) is 0. The molecule has 116 valence electrons. The van der Waals surface area contributed by atoms with Gasteiger partial charge in [-0.3, -0.25) is 0 Å². The van der Waals surface area contributed by atoms with E-state index in [0.717, 1.165) is 16.5 Å². The number of nitrogens with one attached hydrogen (secondary N) is 1. The maximum Gasteiger partial charge on any atom is 0.390 e. The Hall–Kier alpha value is -1.49. The quantitative estimate of drug-likeness (QED) is 0.880. The van der Waals surface area contributed by atoms with E-state index in [4.69, 9.17) is 0 Å². The van der Waals surface area contributed by atoms with Gasteiger partial charge in [0.2, 0.25) is 0 Å². The van der Waals surface area contributed by atoms with Gasteiger partial charge in [0.05, 0.1) is 6.42 Å². The van der Waals surface area contributed by atoms with E-state index in [-0.39, 0.29) is 12.1 Å². The highest BCUT2D eigenvalue weighted by Crippen LogP contribution is 2.23. The van der Waals surface area contributed by atoms with E-state index in [0.29, 0.717) is 6.54 Å². The predicted molar refractivity (Wildman–Crippen MR) is 79.2 cm³/mol. The van der Waals surface area contributed by atoms with Gasteiger partial charge >= 0.3 is 6.18 Å². The molecule has 21 heavy (non-hydrogen) atoms. The van der Waals surface area contributed by atoms with Crippen molar-refractivity contribution in [2.24, 2.45) is 0 Å². The highest BCUT2D eigenvalue weighted by atomic mass is 19.4. The number of rotatable bonds is 4. The molecule has 0 radical (unpaired) electrons. The molecule has 2 rings (SSSR count). The van der Waals surface area contributed by atoms with Gasteiger partial charge in [0.1, 0.15) is 0 Å². The second kappa shape index (κ2) is 5.72. The van der Waals surface area contributed by atoms with Gasteiger partial charge in [-0.05, 0) is 43.9 Å². The van der Waals surface area contributed by atoms with Crippen molar-refractivity contribution in [3.8, 4) is 0 Å². The van der Waals surface area contributed by atoms with Crippen LogP contribution < -0.4 is 5.32 Å². The monoisotopic (exact) mass is 298 g/mol. The Bertz CT molecular complexity index is 606. The van der Waals surface area contributed by atoms with Gasteiger partial charge in [-0.2, -0.15) is 13.2 Å². The lowest BCUT2D eigenvalue weighted by Gasteiger charge is -2.20. The molecule has 0 unspecified atom stereocenters. The van der Waals surface area contributed by atoms with Crippen molar-refractivity contribution in [2.45, 2.75) is 52.0 Å². The molecule has 0 aliphatic heterocycles. The first-order valence-corrected chi connectivity index (χ1v) is 7.04. The SMILES string of the molecule is CC(C)(C)NCc1ccc2ccn(CCC(F)(F)F)c2c1. The van der Waals surface area contributed by atoms with Crippen LogP contribution in [0.4, 0.5) is 13.2 Å². The average molecular weight is 298 g/mol. The molecule has 0 atom stereocenters. The van der Waals surface area contributed by atoms with Crippen molar-refractivity contribution < 1.29 is 13.2 Å². The molecule has 2 aromatic rings. The van der Waals surface area contributed by atoms with Crippen LogP contribution in [0.15, 0.2) is 30.5 Å². The molecule has 0 saturated heterocycles. The fraction of sp³-hybridized carbons (Fsp3) is 0.500. The molecule has 2 nitrogen and oxygen atoms in total. The smallest absolute Gasteiger partial charge is 0.347 e. The van der Waals surface area contributed by atoms with E-state index < -0.39 is 12.6 Å². The molecule has 1 N–H and O–H groups in total. The summed E-state index contributed by atoms with van der Waals surface area (Å²) in [6.07, 6.45) is -3.21. The number of aryl methyl sites for hydroxylation is 1.